The van der Waals surface area contributed by atoms with Crippen molar-refractivity contribution in [3.8, 4) is 34.7 Å². The Morgan fingerprint density at radius 1 is 1.03 bits per heavy atom. The monoisotopic (exact) mass is 501 g/mol. The summed E-state index contributed by atoms with van der Waals surface area (Å²) in [6.07, 6.45) is 2.98. The van der Waals surface area contributed by atoms with Gasteiger partial charge in [-0.15, -0.1) is 5.10 Å². The van der Waals surface area contributed by atoms with Crippen LogP contribution in [0.25, 0.3) is 17.3 Å². The minimum Gasteiger partial charge on any atom is -0.493 e. The van der Waals surface area contributed by atoms with Gasteiger partial charge in [-0.1, -0.05) is 24.3 Å². The Labute approximate surface area is 211 Å². The van der Waals surface area contributed by atoms with Crippen LogP contribution < -0.4 is 14.2 Å². The topological polar surface area (TPSA) is 122 Å². The first-order valence-electron chi connectivity index (χ1n) is 11.3. The molecule has 0 spiro atoms. The van der Waals surface area contributed by atoms with Crippen molar-refractivity contribution in [1.82, 2.24) is 14.8 Å². The highest BCUT2D eigenvalue weighted by Crippen LogP contribution is 2.31. The number of hydrogen-bond donors (Lipinski definition) is 1. The number of nitrogens with zero attached hydrogens (tertiary/aromatic N) is 3. The Morgan fingerprint density at radius 3 is 2.59 bits per heavy atom. The van der Waals surface area contributed by atoms with Gasteiger partial charge in [-0.05, 0) is 48.9 Å². The third kappa shape index (κ3) is 5.18. The maximum absolute atomic E-state index is 11.7. The average Bonchev–Trinajstić information content (AvgIpc) is 3.67. The largest absolute Gasteiger partial charge is 0.493 e. The van der Waals surface area contributed by atoms with Gasteiger partial charge in [-0.25, -0.2) is 14.5 Å². The van der Waals surface area contributed by atoms with E-state index in [1.807, 2.05) is 30.3 Å². The summed E-state index contributed by atoms with van der Waals surface area (Å²) in [7, 11) is 1.53. The van der Waals surface area contributed by atoms with Crippen molar-refractivity contribution >= 4 is 5.97 Å². The lowest BCUT2D eigenvalue weighted by Gasteiger charge is -2.12. The number of para-hydroxylation sites is 1. The van der Waals surface area contributed by atoms with Crippen LogP contribution in [0.1, 0.15) is 27.4 Å². The molecule has 0 aliphatic rings. The molecule has 0 fully saturated rings. The van der Waals surface area contributed by atoms with Crippen molar-refractivity contribution in [2.45, 2.75) is 20.1 Å². The number of aromatic carboxylic acids is 1. The quantitative estimate of drug-likeness (QED) is 0.272. The van der Waals surface area contributed by atoms with Gasteiger partial charge < -0.3 is 28.2 Å². The van der Waals surface area contributed by atoms with Crippen LogP contribution in [-0.4, -0.2) is 33.0 Å². The first kappa shape index (κ1) is 23.7. The zero-order valence-electron chi connectivity index (χ0n) is 20.1. The Morgan fingerprint density at radius 2 is 1.86 bits per heavy atom. The molecule has 188 valence electrons. The molecule has 10 nitrogen and oxygen atoms in total. The average molecular weight is 501 g/mol. The van der Waals surface area contributed by atoms with Crippen LogP contribution in [0, 0.1) is 6.92 Å². The fraction of sp³-hybridized carbons (Fsp3) is 0.148. The lowest BCUT2D eigenvalue weighted by molar-refractivity contribution is 0.0691. The molecule has 0 aliphatic carbocycles. The van der Waals surface area contributed by atoms with Crippen molar-refractivity contribution in [3.63, 3.8) is 0 Å². The number of methoxy groups -OCH3 is 1. The van der Waals surface area contributed by atoms with Crippen molar-refractivity contribution in [2.75, 3.05) is 7.11 Å². The van der Waals surface area contributed by atoms with Crippen molar-refractivity contribution < 1.29 is 32.9 Å². The standard InChI is InChI=1S/C27H23N3O7/c1-17-21(28-26(37-17)23-9-6-12-34-23)16-35-22-11-10-18(13-24(22)33-2)15-36-25-20(27(31)32)14-30(29-25)19-7-4-3-5-8-19/h3-14H,15-16H2,1-2H3,(H,31,32). The molecule has 3 heterocycles. The van der Waals surface area contributed by atoms with Gasteiger partial charge in [0.2, 0.25) is 5.88 Å². The van der Waals surface area contributed by atoms with Crippen LogP contribution in [-0.2, 0) is 13.2 Å². The fourth-order valence-corrected chi connectivity index (χ4v) is 3.61. The number of hydrogen-bond acceptors (Lipinski definition) is 8. The highest BCUT2D eigenvalue weighted by Gasteiger charge is 2.19. The number of ether oxygens (including phenoxy) is 3. The number of rotatable bonds is 10. The van der Waals surface area contributed by atoms with Crippen molar-refractivity contribution in [2.24, 2.45) is 0 Å². The van der Waals surface area contributed by atoms with E-state index >= 15 is 0 Å². The first-order chi connectivity index (χ1) is 18.0. The van der Waals surface area contributed by atoms with E-state index in [-0.39, 0.29) is 24.7 Å². The molecule has 10 heteroatoms. The third-order valence-corrected chi connectivity index (χ3v) is 5.52. The van der Waals surface area contributed by atoms with Crippen LogP contribution in [0.5, 0.6) is 17.4 Å². The van der Waals surface area contributed by atoms with Gasteiger partial charge in [-0.2, -0.15) is 0 Å². The van der Waals surface area contributed by atoms with Crippen LogP contribution >= 0.6 is 0 Å². The lowest BCUT2D eigenvalue weighted by atomic mass is 10.2. The first-order valence-corrected chi connectivity index (χ1v) is 11.3. The molecule has 0 radical (unpaired) electrons. The van der Waals surface area contributed by atoms with Gasteiger partial charge in [-0.3, -0.25) is 0 Å². The van der Waals surface area contributed by atoms with Crippen molar-refractivity contribution in [1.29, 1.82) is 0 Å². The minimum absolute atomic E-state index is 0.0181. The van der Waals surface area contributed by atoms with E-state index in [9.17, 15) is 9.90 Å². The smallest absolute Gasteiger partial charge is 0.342 e. The molecule has 2 aromatic carbocycles. The number of oxazole rings is 1. The maximum Gasteiger partial charge on any atom is 0.342 e. The number of carboxylic acid groups (broad SMARTS) is 1. The number of benzene rings is 2. The molecule has 5 rings (SSSR count). The Kier molecular flexibility index (Phi) is 6.62. The molecule has 5 aromatic rings. The van der Waals surface area contributed by atoms with Gasteiger partial charge in [0.05, 0.1) is 19.1 Å². The summed E-state index contributed by atoms with van der Waals surface area (Å²) in [6, 6.07) is 18.0. The molecule has 1 N–H and O–H groups in total. The highest BCUT2D eigenvalue weighted by atomic mass is 16.5. The van der Waals surface area contributed by atoms with E-state index in [4.69, 9.17) is 23.0 Å². The van der Waals surface area contributed by atoms with Gasteiger partial charge in [0.15, 0.2) is 17.3 Å². The van der Waals surface area contributed by atoms with E-state index in [0.717, 1.165) is 11.3 Å². The summed E-state index contributed by atoms with van der Waals surface area (Å²) in [5.41, 5.74) is 2.07. The van der Waals surface area contributed by atoms with Gasteiger partial charge in [0.1, 0.15) is 30.2 Å². The van der Waals surface area contributed by atoms with Crippen molar-refractivity contribution in [3.05, 3.63) is 95.7 Å². The molecule has 0 amide bonds. The second-order valence-electron chi connectivity index (χ2n) is 7.99. The van der Waals surface area contributed by atoms with E-state index in [2.05, 4.69) is 10.1 Å². The SMILES string of the molecule is COc1cc(COc2nn(-c3ccccc3)cc2C(=O)O)ccc1OCc1nc(-c2ccco2)oc1C. The summed E-state index contributed by atoms with van der Waals surface area (Å²) < 4.78 is 29.7. The maximum atomic E-state index is 11.7. The number of carboxylic acids is 1. The number of furan rings is 1. The Balaban J connectivity index is 1.28. The van der Waals surface area contributed by atoms with Crippen LogP contribution in [0.3, 0.4) is 0 Å². The molecule has 0 aliphatic heterocycles. The minimum atomic E-state index is -1.13. The van der Waals surface area contributed by atoms with E-state index in [1.54, 1.807) is 43.5 Å². The molecular formula is C27H23N3O7. The summed E-state index contributed by atoms with van der Waals surface area (Å²) in [6.45, 7) is 2.05. The fourth-order valence-electron chi connectivity index (χ4n) is 3.61. The zero-order valence-corrected chi connectivity index (χ0v) is 20.1. The molecule has 0 bridgehead atoms. The Bertz CT molecular complexity index is 1500. The molecule has 0 saturated heterocycles. The summed E-state index contributed by atoms with van der Waals surface area (Å²) >= 11 is 0. The second-order valence-corrected chi connectivity index (χ2v) is 7.99. The van der Waals surface area contributed by atoms with Gasteiger partial charge >= 0.3 is 5.97 Å². The van der Waals surface area contributed by atoms with Gasteiger partial charge in [0.25, 0.3) is 5.89 Å². The summed E-state index contributed by atoms with van der Waals surface area (Å²) in [4.78, 5) is 16.2. The van der Waals surface area contributed by atoms with Gasteiger partial charge in [0, 0.05) is 6.20 Å². The molecule has 0 atom stereocenters. The van der Waals surface area contributed by atoms with E-state index in [1.165, 1.54) is 18.0 Å². The molecule has 0 saturated carbocycles. The molecule has 0 unspecified atom stereocenters. The predicted octanol–water partition coefficient (Wildman–Crippen LogP) is 5.29. The summed E-state index contributed by atoms with van der Waals surface area (Å²) in [5.74, 6) is 1.43. The van der Waals surface area contributed by atoms with Crippen LogP contribution in [0.4, 0.5) is 0 Å². The third-order valence-electron chi connectivity index (χ3n) is 5.52. The van der Waals surface area contributed by atoms with E-state index in [0.29, 0.717) is 34.6 Å². The number of aryl methyl sites for hydroxylation is 1. The zero-order chi connectivity index (χ0) is 25.8. The molecular weight excluding hydrogens is 478 g/mol. The Hall–Kier alpha value is -4.99. The number of aromatic nitrogens is 3. The lowest BCUT2D eigenvalue weighted by Crippen LogP contribution is -2.03. The predicted molar refractivity (Wildman–Crippen MR) is 131 cm³/mol. The normalized spacial score (nSPS) is 10.9. The molecule has 37 heavy (non-hydrogen) atoms. The van der Waals surface area contributed by atoms with Crippen LogP contribution in [0.2, 0.25) is 0 Å². The van der Waals surface area contributed by atoms with E-state index < -0.39 is 5.97 Å². The second kappa shape index (κ2) is 10.3. The number of carbonyl (C=O) groups is 1. The molecule has 3 aromatic heterocycles. The summed E-state index contributed by atoms with van der Waals surface area (Å²) in [5, 5.41) is 13.9. The highest BCUT2D eigenvalue weighted by molar-refractivity contribution is 5.90. The van der Waals surface area contributed by atoms with Crippen LogP contribution in [0.15, 0.2) is 82.0 Å².